The highest BCUT2D eigenvalue weighted by Crippen LogP contribution is 2.20. The fourth-order valence-corrected chi connectivity index (χ4v) is 1.29. The highest BCUT2D eigenvalue weighted by molar-refractivity contribution is 5.92. The van der Waals surface area contributed by atoms with Gasteiger partial charge < -0.3 is 15.5 Å². The molecule has 0 saturated carbocycles. The molecule has 1 aromatic heterocycles. The zero-order chi connectivity index (χ0) is 11.4. The van der Waals surface area contributed by atoms with Crippen LogP contribution in [0, 0.1) is 0 Å². The average molecular weight is 217 g/mol. The van der Waals surface area contributed by atoms with Gasteiger partial charge in [0.15, 0.2) is 12.2 Å². The van der Waals surface area contributed by atoms with E-state index >= 15 is 0 Å². The summed E-state index contributed by atoms with van der Waals surface area (Å²) in [5.74, 6) is 0.476. The molecule has 0 bridgehead atoms. The first-order chi connectivity index (χ1) is 7.79. The highest BCUT2D eigenvalue weighted by Gasteiger charge is 2.02. The van der Waals surface area contributed by atoms with Crippen LogP contribution >= 0.6 is 0 Å². The smallest absolute Gasteiger partial charge is 0.238 e. The van der Waals surface area contributed by atoms with Crippen LogP contribution in [-0.4, -0.2) is 17.4 Å². The van der Waals surface area contributed by atoms with Gasteiger partial charge in [-0.25, -0.2) is 4.98 Å². The standard InChI is InChI=1S/C11H11N3O2/c12-5-11(15)14-9-3-1-8(2-4-9)10-6-13-7-16-10/h1-4,6-7H,5,12H2,(H,14,15). The van der Waals surface area contributed by atoms with E-state index in [4.69, 9.17) is 10.2 Å². The Hall–Kier alpha value is -2.14. The van der Waals surface area contributed by atoms with E-state index in [1.54, 1.807) is 18.3 Å². The molecule has 2 aromatic rings. The van der Waals surface area contributed by atoms with Crippen molar-refractivity contribution in [1.29, 1.82) is 0 Å². The van der Waals surface area contributed by atoms with E-state index in [0.717, 1.165) is 5.56 Å². The van der Waals surface area contributed by atoms with Crippen molar-refractivity contribution in [3.8, 4) is 11.3 Å². The number of anilines is 1. The van der Waals surface area contributed by atoms with E-state index in [0.29, 0.717) is 11.4 Å². The van der Waals surface area contributed by atoms with Crippen molar-refractivity contribution in [3.63, 3.8) is 0 Å². The predicted molar refractivity (Wildman–Crippen MR) is 59.6 cm³/mol. The Balaban J connectivity index is 2.14. The summed E-state index contributed by atoms with van der Waals surface area (Å²) in [5, 5.41) is 2.65. The Morgan fingerprint density at radius 3 is 2.69 bits per heavy atom. The Labute approximate surface area is 92.3 Å². The fourth-order valence-electron chi connectivity index (χ4n) is 1.29. The van der Waals surface area contributed by atoms with Crippen molar-refractivity contribution >= 4 is 11.6 Å². The second kappa shape index (κ2) is 4.59. The number of nitrogens with one attached hydrogen (secondary N) is 1. The lowest BCUT2D eigenvalue weighted by atomic mass is 10.2. The number of nitrogens with two attached hydrogens (primary N) is 1. The summed E-state index contributed by atoms with van der Waals surface area (Å²) in [6.07, 6.45) is 3.01. The Bertz CT molecular complexity index is 462. The lowest BCUT2D eigenvalue weighted by Crippen LogP contribution is -2.21. The van der Waals surface area contributed by atoms with Gasteiger partial charge in [-0.1, -0.05) is 0 Å². The highest BCUT2D eigenvalue weighted by atomic mass is 16.3. The third kappa shape index (κ3) is 2.26. The number of nitrogens with zero attached hydrogens (tertiary/aromatic N) is 1. The molecular formula is C11H11N3O2. The van der Waals surface area contributed by atoms with Crippen molar-refractivity contribution in [2.45, 2.75) is 0 Å². The van der Waals surface area contributed by atoms with Crippen LogP contribution < -0.4 is 11.1 Å². The van der Waals surface area contributed by atoms with Gasteiger partial charge in [-0.15, -0.1) is 0 Å². The quantitative estimate of drug-likeness (QED) is 0.810. The third-order valence-electron chi connectivity index (χ3n) is 2.07. The number of hydrogen-bond acceptors (Lipinski definition) is 4. The van der Waals surface area contributed by atoms with Crippen LogP contribution in [0.5, 0.6) is 0 Å². The molecule has 0 aliphatic carbocycles. The van der Waals surface area contributed by atoms with E-state index in [1.165, 1.54) is 6.39 Å². The summed E-state index contributed by atoms with van der Waals surface area (Å²) in [6, 6.07) is 7.25. The fraction of sp³-hybridized carbons (Fsp3) is 0.0909. The molecule has 0 unspecified atom stereocenters. The maximum atomic E-state index is 11.0. The molecule has 1 amide bonds. The SMILES string of the molecule is NCC(=O)Nc1ccc(-c2cnco2)cc1. The Morgan fingerprint density at radius 2 is 2.12 bits per heavy atom. The zero-order valence-corrected chi connectivity index (χ0v) is 8.51. The normalized spacial score (nSPS) is 10.1. The molecule has 82 valence electrons. The summed E-state index contributed by atoms with van der Waals surface area (Å²) in [6.45, 7) is -0.0240. The minimum absolute atomic E-state index is 0.0240. The van der Waals surface area contributed by atoms with Crippen LogP contribution in [0.15, 0.2) is 41.3 Å². The summed E-state index contributed by atoms with van der Waals surface area (Å²) >= 11 is 0. The third-order valence-corrected chi connectivity index (χ3v) is 2.07. The topological polar surface area (TPSA) is 81.2 Å². The van der Waals surface area contributed by atoms with Gasteiger partial charge in [0.1, 0.15) is 0 Å². The lowest BCUT2D eigenvalue weighted by molar-refractivity contribution is -0.114. The maximum absolute atomic E-state index is 11.0. The van der Waals surface area contributed by atoms with Crippen LogP contribution in [0.3, 0.4) is 0 Å². The van der Waals surface area contributed by atoms with Crippen LogP contribution in [-0.2, 0) is 4.79 Å². The van der Waals surface area contributed by atoms with Crippen molar-refractivity contribution in [2.24, 2.45) is 5.73 Å². The maximum Gasteiger partial charge on any atom is 0.238 e. The molecule has 1 heterocycles. The molecule has 0 atom stereocenters. The van der Waals surface area contributed by atoms with Gasteiger partial charge in [0.2, 0.25) is 5.91 Å². The zero-order valence-electron chi connectivity index (χ0n) is 8.51. The largest absolute Gasteiger partial charge is 0.444 e. The van der Waals surface area contributed by atoms with Gasteiger partial charge in [-0.2, -0.15) is 0 Å². The Kier molecular flexibility index (Phi) is 2.98. The molecule has 2 rings (SSSR count). The molecule has 5 heteroatoms. The predicted octanol–water partition coefficient (Wildman–Crippen LogP) is 1.24. The Morgan fingerprint density at radius 1 is 1.38 bits per heavy atom. The van der Waals surface area contributed by atoms with Crippen LogP contribution in [0.4, 0.5) is 5.69 Å². The van der Waals surface area contributed by atoms with Crippen LogP contribution in [0.1, 0.15) is 0 Å². The first kappa shape index (κ1) is 10.4. The van der Waals surface area contributed by atoms with E-state index in [9.17, 15) is 4.79 Å². The summed E-state index contributed by atoms with van der Waals surface area (Å²) in [4.78, 5) is 14.9. The summed E-state index contributed by atoms with van der Waals surface area (Å²) in [5.41, 5.74) is 6.80. The van der Waals surface area contributed by atoms with Gasteiger partial charge in [-0.3, -0.25) is 4.79 Å². The van der Waals surface area contributed by atoms with Crippen molar-refractivity contribution < 1.29 is 9.21 Å². The average Bonchev–Trinajstić information content (AvgIpc) is 2.83. The number of oxazole rings is 1. The number of carbonyl (C=O) groups is 1. The molecule has 0 aliphatic heterocycles. The molecule has 3 N–H and O–H groups in total. The molecule has 5 nitrogen and oxygen atoms in total. The molecule has 1 aromatic carbocycles. The van der Waals surface area contributed by atoms with E-state index < -0.39 is 0 Å². The minimum atomic E-state index is -0.215. The van der Waals surface area contributed by atoms with E-state index in [1.807, 2.05) is 12.1 Å². The summed E-state index contributed by atoms with van der Waals surface area (Å²) < 4.78 is 5.14. The van der Waals surface area contributed by atoms with Crippen molar-refractivity contribution in [2.75, 3.05) is 11.9 Å². The van der Waals surface area contributed by atoms with Crippen molar-refractivity contribution in [3.05, 3.63) is 36.9 Å². The molecule has 16 heavy (non-hydrogen) atoms. The first-order valence-electron chi connectivity index (χ1n) is 4.78. The summed E-state index contributed by atoms with van der Waals surface area (Å²) in [7, 11) is 0. The number of carbonyl (C=O) groups excluding carboxylic acids is 1. The van der Waals surface area contributed by atoms with Crippen LogP contribution in [0.2, 0.25) is 0 Å². The molecular weight excluding hydrogens is 206 g/mol. The molecule has 0 aliphatic rings. The van der Waals surface area contributed by atoms with Gasteiger partial charge in [0, 0.05) is 11.3 Å². The second-order valence-electron chi connectivity index (χ2n) is 3.20. The van der Waals surface area contributed by atoms with Gasteiger partial charge in [0.05, 0.1) is 12.7 Å². The number of benzene rings is 1. The lowest BCUT2D eigenvalue weighted by Gasteiger charge is -2.03. The number of rotatable bonds is 3. The second-order valence-corrected chi connectivity index (χ2v) is 3.20. The molecule has 0 saturated heterocycles. The van der Waals surface area contributed by atoms with E-state index in [-0.39, 0.29) is 12.5 Å². The monoisotopic (exact) mass is 217 g/mol. The first-order valence-corrected chi connectivity index (χ1v) is 4.78. The van der Waals surface area contributed by atoms with Gasteiger partial charge in [0.25, 0.3) is 0 Å². The van der Waals surface area contributed by atoms with Gasteiger partial charge >= 0.3 is 0 Å². The molecule has 0 spiro atoms. The molecule has 0 radical (unpaired) electrons. The van der Waals surface area contributed by atoms with Crippen LogP contribution in [0.25, 0.3) is 11.3 Å². The minimum Gasteiger partial charge on any atom is -0.444 e. The number of hydrogen-bond donors (Lipinski definition) is 2. The number of aromatic nitrogens is 1. The number of amides is 1. The van der Waals surface area contributed by atoms with Gasteiger partial charge in [-0.05, 0) is 24.3 Å². The van der Waals surface area contributed by atoms with Crippen molar-refractivity contribution in [1.82, 2.24) is 4.98 Å². The van der Waals surface area contributed by atoms with E-state index in [2.05, 4.69) is 10.3 Å². The molecule has 0 fully saturated rings.